The van der Waals surface area contributed by atoms with Gasteiger partial charge in [-0.3, -0.25) is 4.99 Å². The topological polar surface area (TPSA) is 53.6 Å². The minimum atomic E-state index is 0. The molecule has 5 heteroatoms. The smallest absolute Gasteiger partial charge is 0.193 e. The number of aliphatic imine (C=N–C) groups is 1. The van der Waals surface area contributed by atoms with Crippen LogP contribution in [0, 0.1) is 11.8 Å². The Balaban J connectivity index is 0.00000312. The van der Waals surface area contributed by atoms with Crippen molar-refractivity contribution in [3.05, 3.63) is 29.8 Å². The van der Waals surface area contributed by atoms with Crippen molar-refractivity contribution in [3.8, 4) is 0 Å². The largest absolute Gasteiger partial charge is 0.370 e. The van der Waals surface area contributed by atoms with E-state index in [9.17, 15) is 0 Å². The Morgan fingerprint density at radius 3 is 2.68 bits per heavy atom. The molecule has 0 bridgehead atoms. The summed E-state index contributed by atoms with van der Waals surface area (Å²) in [6, 6.07) is 8.36. The molecule has 1 aliphatic heterocycles. The first-order valence-electron chi connectivity index (χ1n) is 9.45. The van der Waals surface area contributed by atoms with Gasteiger partial charge in [-0.25, -0.2) is 0 Å². The molecule has 25 heavy (non-hydrogen) atoms. The van der Waals surface area contributed by atoms with Crippen LogP contribution in [0.4, 0.5) is 5.69 Å². The zero-order chi connectivity index (χ0) is 17.4. The highest BCUT2D eigenvalue weighted by molar-refractivity contribution is 14.0. The van der Waals surface area contributed by atoms with Gasteiger partial charge in [0.15, 0.2) is 5.96 Å². The fraction of sp³-hybridized carbons (Fsp3) is 0.650. The number of hydrogen-bond donors (Lipinski definition) is 2. The molecule has 3 N–H and O–H groups in total. The van der Waals surface area contributed by atoms with Gasteiger partial charge in [0.05, 0.1) is 0 Å². The Morgan fingerprint density at radius 2 is 2.04 bits per heavy atom. The Hall–Kier alpha value is -0.820. The summed E-state index contributed by atoms with van der Waals surface area (Å²) in [7, 11) is 0. The van der Waals surface area contributed by atoms with Crippen LogP contribution >= 0.6 is 24.0 Å². The molecule has 2 rings (SSSR count). The maximum atomic E-state index is 6.05. The fourth-order valence-corrected chi connectivity index (χ4v) is 3.12. The first-order valence-corrected chi connectivity index (χ1v) is 9.45. The first-order chi connectivity index (χ1) is 11.6. The number of benzene rings is 1. The lowest BCUT2D eigenvalue weighted by molar-refractivity contribution is 0.180. The zero-order valence-corrected chi connectivity index (χ0v) is 18.3. The van der Waals surface area contributed by atoms with Crippen molar-refractivity contribution in [3.63, 3.8) is 0 Å². The average Bonchev–Trinajstić information content (AvgIpc) is 2.59. The van der Waals surface area contributed by atoms with Crippen molar-refractivity contribution >= 4 is 35.6 Å². The number of nitrogens with zero attached hydrogens (tertiary/aromatic N) is 2. The van der Waals surface area contributed by atoms with E-state index in [2.05, 4.69) is 54.2 Å². The molecule has 1 heterocycles. The SMILES string of the molecule is CCc1cccc(NC(N)=NCC2CCN(CCC(C)C)CC2)c1.I. The van der Waals surface area contributed by atoms with Crippen LogP contribution in [0.3, 0.4) is 0 Å². The second kappa shape index (κ2) is 11.7. The lowest BCUT2D eigenvalue weighted by Gasteiger charge is -2.31. The molecule has 0 unspecified atom stereocenters. The van der Waals surface area contributed by atoms with E-state index in [-0.39, 0.29) is 24.0 Å². The third kappa shape index (κ3) is 8.40. The molecular weight excluding hydrogens is 423 g/mol. The van der Waals surface area contributed by atoms with Crippen molar-refractivity contribution in [2.75, 3.05) is 31.5 Å². The molecule has 1 aromatic carbocycles. The van der Waals surface area contributed by atoms with Crippen LogP contribution in [0.15, 0.2) is 29.3 Å². The van der Waals surface area contributed by atoms with Crippen LogP contribution in [0.2, 0.25) is 0 Å². The molecule has 0 spiro atoms. The monoisotopic (exact) mass is 458 g/mol. The number of nitrogens with two attached hydrogens (primary N) is 1. The summed E-state index contributed by atoms with van der Waals surface area (Å²) < 4.78 is 0. The Kier molecular flexibility index (Phi) is 10.4. The van der Waals surface area contributed by atoms with Gasteiger partial charge in [-0.05, 0) is 74.8 Å². The molecule has 1 saturated heterocycles. The molecule has 0 radical (unpaired) electrons. The van der Waals surface area contributed by atoms with E-state index in [1.165, 1.54) is 44.5 Å². The number of aryl methyl sites for hydroxylation is 1. The van der Waals surface area contributed by atoms with Crippen LogP contribution in [0.1, 0.15) is 45.6 Å². The van der Waals surface area contributed by atoms with E-state index in [0.717, 1.165) is 24.6 Å². The highest BCUT2D eigenvalue weighted by Gasteiger charge is 2.18. The summed E-state index contributed by atoms with van der Waals surface area (Å²) in [5, 5.41) is 3.22. The first kappa shape index (κ1) is 22.2. The average molecular weight is 458 g/mol. The molecule has 142 valence electrons. The predicted molar refractivity (Wildman–Crippen MR) is 120 cm³/mol. The molecule has 0 aliphatic carbocycles. The number of likely N-dealkylation sites (tertiary alicyclic amines) is 1. The highest BCUT2D eigenvalue weighted by atomic mass is 127. The number of anilines is 1. The zero-order valence-electron chi connectivity index (χ0n) is 16.0. The van der Waals surface area contributed by atoms with Crippen molar-refractivity contribution in [1.82, 2.24) is 4.90 Å². The summed E-state index contributed by atoms with van der Waals surface area (Å²) in [6.45, 7) is 11.2. The minimum Gasteiger partial charge on any atom is -0.370 e. The summed E-state index contributed by atoms with van der Waals surface area (Å²) in [5.74, 6) is 2.00. The van der Waals surface area contributed by atoms with Crippen LogP contribution in [0.5, 0.6) is 0 Å². The van der Waals surface area contributed by atoms with E-state index < -0.39 is 0 Å². The van der Waals surface area contributed by atoms with Crippen LogP contribution < -0.4 is 11.1 Å². The Bertz CT molecular complexity index is 522. The Labute approximate surface area is 170 Å². The third-order valence-electron chi connectivity index (χ3n) is 4.86. The molecule has 0 atom stereocenters. The Morgan fingerprint density at radius 1 is 1.32 bits per heavy atom. The quantitative estimate of drug-likeness (QED) is 0.363. The lowest BCUT2D eigenvalue weighted by atomic mass is 9.96. The van der Waals surface area contributed by atoms with Crippen molar-refractivity contribution in [1.29, 1.82) is 0 Å². The van der Waals surface area contributed by atoms with E-state index in [4.69, 9.17) is 5.73 Å². The van der Waals surface area contributed by atoms with Gasteiger partial charge in [-0.1, -0.05) is 32.9 Å². The standard InChI is InChI=1S/C20H34N4.HI/c1-4-17-6-5-7-19(14-17)23-20(21)22-15-18-9-12-24(13-10-18)11-8-16(2)3;/h5-7,14,16,18H,4,8-13,15H2,1-3H3,(H3,21,22,23);1H. The summed E-state index contributed by atoms with van der Waals surface area (Å²) in [4.78, 5) is 7.16. The van der Waals surface area contributed by atoms with Gasteiger partial charge in [0.2, 0.25) is 0 Å². The van der Waals surface area contributed by atoms with Gasteiger partial charge < -0.3 is 16.0 Å². The fourth-order valence-electron chi connectivity index (χ4n) is 3.12. The summed E-state index contributed by atoms with van der Waals surface area (Å²) in [5.41, 5.74) is 8.39. The normalized spacial score (nSPS) is 16.7. The van der Waals surface area contributed by atoms with Gasteiger partial charge in [0.25, 0.3) is 0 Å². The maximum absolute atomic E-state index is 6.05. The van der Waals surface area contributed by atoms with Gasteiger partial charge >= 0.3 is 0 Å². The molecule has 1 aromatic rings. The van der Waals surface area contributed by atoms with Crippen molar-refractivity contribution in [2.45, 2.75) is 46.5 Å². The predicted octanol–water partition coefficient (Wildman–Crippen LogP) is 4.35. The third-order valence-corrected chi connectivity index (χ3v) is 4.86. The molecule has 1 aliphatic rings. The van der Waals surface area contributed by atoms with E-state index in [0.29, 0.717) is 11.9 Å². The highest BCUT2D eigenvalue weighted by Crippen LogP contribution is 2.18. The van der Waals surface area contributed by atoms with Crippen molar-refractivity contribution < 1.29 is 0 Å². The minimum absolute atomic E-state index is 0. The maximum Gasteiger partial charge on any atom is 0.193 e. The lowest BCUT2D eigenvalue weighted by Crippen LogP contribution is -2.36. The van der Waals surface area contributed by atoms with E-state index >= 15 is 0 Å². The van der Waals surface area contributed by atoms with E-state index in [1.807, 2.05) is 6.07 Å². The molecule has 0 amide bonds. The van der Waals surface area contributed by atoms with Gasteiger partial charge in [0.1, 0.15) is 0 Å². The van der Waals surface area contributed by atoms with Gasteiger partial charge in [-0.15, -0.1) is 24.0 Å². The second-order valence-electron chi connectivity index (χ2n) is 7.37. The summed E-state index contributed by atoms with van der Waals surface area (Å²) in [6.07, 6.45) is 4.80. The summed E-state index contributed by atoms with van der Waals surface area (Å²) >= 11 is 0. The molecule has 0 aromatic heterocycles. The van der Waals surface area contributed by atoms with Gasteiger partial charge in [-0.2, -0.15) is 0 Å². The van der Waals surface area contributed by atoms with Crippen LogP contribution in [-0.4, -0.2) is 37.0 Å². The molecule has 0 saturated carbocycles. The molecular formula is C20H35IN4. The van der Waals surface area contributed by atoms with E-state index in [1.54, 1.807) is 0 Å². The molecule has 1 fully saturated rings. The van der Waals surface area contributed by atoms with Crippen molar-refractivity contribution in [2.24, 2.45) is 22.6 Å². The number of nitrogens with one attached hydrogen (secondary N) is 1. The van der Waals surface area contributed by atoms with Gasteiger partial charge in [0, 0.05) is 12.2 Å². The van der Waals surface area contributed by atoms with Crippen LogP contribution in [0.25, 0.3) is 0 Å². The van der Waals surface area contributed by atoms with Crippen LogP contribution in [-0.2, 0) is 6.42 Å². The number of hydrogen-bond acceptors (Lipinski definition) is 2. The second-order valence-corrected chi connectivity index (χ2v) is 7.37. The number of halogens is 1. The number of rotatable bonds is 7. The number of guanidine groups is 1. The number of piperidine rings is 1. The molecule has 4 nitrogen and oxygen atoms in total.